The van der Waals surface area contributed by atoms with Crippen molar-refractivity contribution in [1.29, 1.82) is 0 Å². The molecule has 62 heavy (non-hydrogen) atoms. The molecule has 0 radical (unpaired) electrons. The van der Waals surface area contributed by atoms with Gasteiger partial charge in [0, 0.05) is 16.5 Å². The minimum absolute atomic E-state index is 0.108. The van der Waals surface area contributed by atoms with Crippen LogP contribution in [0, 0.1) is 33.5 Å². The Morgan fingerprint density at radius 1 is 0.710 bits per heavy atom. The molecule has 4 saturated carbocycles. The highest BCUT2D eigenvalue weighted by Crippen LogP contribution is 2.65. The maximum absolute atomic E-state index is 13.1. The highest BCUT2D eigenvalue weighted by Gasteiger charge is 2.65. The van der Waals surface area contributed by atoms with Crippen LogP contribution in [0.4, 0.5) is 16.2 Å². The first kappa shape index (κ1) is 44.5. The quantitative estimate of drug-likeness (QED) is 0.0816. The zero-order valence-corrected chi connectivity index (χ0v) is 38.2. The summed E-state index contributed by atoms with van der Waals surface area (Å²) in [5.74, 6) is 0.363. The molecular formula is C46H62N6O8S2. The molecule has 0 heterocycles. The number of aryl methyl sites for hydroxylation is 4. The van der Waals surface area contributed by atoms with Crippen molar-refractivity contribution in [3.8, 4) is 0 Å². The van der Waals surface area contributed by atoms with Crippen LogP contribution in [0.25, 0.3) is 0 Å². The molecule has 4 bridgehead atoms. The number of rotatable bonds is 7. The number of anilines is 1. The predicted octanol–water partition coefficient (Wildman–Crippen LogP) is 7.33. The smallest absolute Gasteiger partial charge is 0.332 e. The van der Waals surface area contributed by atoms with Gasteiger partial charge in [0.25, 0.3) is 0 Å². The summed E-state index contributed by atoms with van der Waals surface area (Å²) >= 11 is 0. The van der Waals surface area contributed by atoms with E-state index < -0.39 is 36.9 Å². The number of hydrogen-bond donors (Lipinski definition) is 5. The number of sulfonamides is 2. The highest BCUT2D eigenvalue weighted by atomic mass is 32.2. The van der Waals surface area contributed by atoms with Crippen molar-refractivity contribution in [2.75, 3.05) is 16.8 Å². The number of aliphatic imine (C=N–C) groups is 1. The van der Waals surface area contributed by atoms with Gasteiger partial charge in [0.05, 0.1) is 28.6 Å². The van der Waals surface area contributed by atoms with E-state index in [4.69, 9.17) is 10.3 Å². The lowest BCUT2D eigenvalue weighted by Crippen LogP contribution is -2.47. The second-order valence-electron chi connectivity index (χ2n) is 20.3. The Labute approximate surface area is 365 Å². The predicted molar refractivity (Wildman–Crippen MR) is 238 cm³/mol. The number of fused-ring (bicyclic) bond motifs is 8. The number of urea groups is 1. The molecule has 0 aliphatic heterocycles. The summed E-state index contributed by atoms with van der Waals surface area (Å²) in [7, 11) is -7.48. The Balaban J connectivity index is 0.000000143. The van der Waals surface area contributed by atoms with Crippen molar-refractivity contribution < 1.29 is 36.8 Å². The molecule has 14 nitrogen and oxygen atoms in total. The maximum Gasteiger partial charge on any atom is 0.332 e. The average Bonchev–Trinajstić information content (AvgIpc) is 4.08. The van der Waals surface area contributed by atoms with Gasteiger partial charge in [-0.2, -0.15) is 4.99 Å². The minimum atomic E-state index is -3.92. The molecule has 8 aliphatic carbocycles. The Hall–Kier alpha value is -4.11. The number of carbonyl (C=O) groups is 1. The fourth-order valence-electron chi connectivity index (χ4n) is 13.5. The zero-order chi connectivity index (χ0) is 44.5. The van der Waals surface area contributed by atoms with E-state index in [-0.39, 0.29) is 22.3 Å². The van der Waals surface area contributed by atoms with Gasteiger partial charge in [0.1, 0.15) is 0 Å². The van der Waals surface area contributed by atoms with E-state index in [2.05, 4.69) is 51.3 Å². The number of nitrogens with zero attached hydrogens (tertiary/aromatic N) is 3. The van der Waals surface area contributed by atoms with E-state index in [0.29, 0.717) is 42.5 Å². The molecule has 2 aromatic carbocycles. The van der Waals surface area contributed by atoms with Gasteiger partial charge in [-0.15, -0.1) is 0 Å². The molecule has 2 aromatic rings. The number of nitrogens with two attached hydrogens (primary N) is 1. The van der Waals surface area contributed by atoms with E-state index in [0.717, 1.165) is 106 Å². The van der Waals surface area contributed by atoms with Gasteiger partial charge in [-0.05, 0) is 183 Å². The van der Waals surface area contributed by atoms with E-state index in [1.807, 2.05) is 13.8 Å². The van der Waals surface area contributed by atoms with Gasteiger partial charge < -0.3 is 15.7 Å². The molecular weight excluding hydrogens is 829 g/mol. The first-order valence-electron chi connectivity index (χ1n) is 22.5. The van der Waals surface area contributed by atoms with Crippen LogP contribution in [-0.2, 0) is 76.2 Å². The van der Waals surface area contributed by atoms with Crippen molar-refractivity contribution in [1.82, 2.24) is 4.72 Å². The lowest BCUT2D eigenvalue weighted by Gasteiger charge is -2.37. The zero-order valence-electron chi connectivity index (χ0n) is 36.5. The first-order valence-corrected chi connectivity index (χ1v) is 25.8. The number of carbonyl (C=O) groups excluding carboxylic acids is 2. The van der Waals surface area contributed by atoms with Gasteiger partial charge in [0.15, 0.2) is 0 Å². The van der Waals surface area contributed by atoms with Crippen molar-refractivity contribution in [3.63, 3.8) is 0 Å². The van der Waals surface area contributed by atoms with Crippen LogP contribution in [0.15, 0.2) is 27.4 Å². The van der Waals surface area contributed by atoms with Gasteiger partial charge in [-0.25, -0.2) is 36.3 Å². The third kappa shape index (κ3) is 7.50. The second kappa shape index (κ2) is 16.2. The van der Waals surface area contributed by atoms with Crippen molar-refractivity contribution in [2.24, 2.45) is 53.9 Å². The lowest BCUT2D eigenvalue weighted by atomic mass is 9.70. The Bertz CT molecular complexity index is 2460. The Morgan fingerprint density at radius 2 is 1.13 bits per heavy atom. The maximum atomic E-state index is 13.1. The molecule has 8 aliphatic rings. The summed E-state index contributed by atoms with van der Waals surface area (Å²) in [6.45, 7) is 8.20. The van der Waals surface area contributed by atoms with Gasteiger partial charge >= 0.3 is 6.03 Å². The highest BCUT2D eigenvalue weighted by molar-refractivity contribution is 7.90. The van der Waals surface area contributed by atoms with Crippen LogP contribution < -0.4 is 15.2 Å². The second-order valence-corrected chi connectivity index (χ2v) is 23.7. The van der Waals surface area contributed by atoms with E-state index >= 15 is 0 Å². The summed E-state index contributed by atoms with van der Waals surface area (Å²) in [5.41, 5.74) is 11.6. The fraction of sp³-hybridized carbons (Fsp3) is 0.652. The topological polar surface area (TPSA) is 230 Å². The number of isocyanates is 1. The summed E-state index contributed by atoms with van der Waals surface area (Å²) in [4.78, 5) is 27.3. The normalized spacial score (nSPS) is 28.9. The summed E-state index contributed by atoms with van der Waals surface area (Å²) in [5, 5.41) is 33.4. The summed E-state index contributed by atoms with van der Waals surface area (Å²) < 4.78 is 51.1. The number of amides is 2. The third-order valence-electron chi connectivity index (χ3n) is 17.0. The van der Waals surface area contributed by atoms with Crippen molar-refractivity contribution in [2.45, 2.75) is 143 Å². The molecule has 10 rings (SSSR count). The lowest BCUT2D eigenvalue weighted by molar-refractivity contribution is 0.192. The van der Waals surface area contributed by atoms with Crippen molar-refractivity contribution >= 4 is 55.0 Å². The number of nitrogens with one attached hydrogen (secondary N) is 2. The molecule has 336 valence electrons. The Morgan fingerprint density at radius 3 is 1.53 bits per heavy atom. The SMILES string of the molecule is CC1(C)C2CC[C@@]1(CS(=O)(=O)NC(=O)Nc1c3c(cc4c1CCC4)CCC3)/C(=N/O)C2.CC1(C)C2CC[C@@]1(CS(N)(=O)=O)/C(=N/O)C2.O=C=Nc1c2c(cc3c1CCC3)CCC2. The van der Waals surface area contributed by atoms with E-state index in [9.17, 15) is 31.6 Å². The number of primary sulfonamides is 1. The number of oxime groups is 2. The molecule has 0 aromatic heterocycles. The standard InChI is InChI=1S/C23H31N3O4S.C13H13NO.C10H18N2O3S/c1-22(2)16-9-10-23(22,19(12-16)25-28)13-31(29,30)26-21(27)24-20-17-7-3-5-14(17)11-15-6-4-8-18(15)20;15-8-14-13-11-5-1-3-9(11)7-10-4-2-6-12(10)13;1-9(2)7-3-4-10(9,6-16(11,14)15)8(5-7)12-13/h11,16,28H,3-10,12-13H2,1-2H3,(H2,24,26,27);7H,1-6H2;7,13H,3-6H2,1-2H3,(H2,11,14,15)/b25-19+;;12-8+/t16?,23-;;7?,10-/m1.1/s1. The molecule has 4 atom stereocenters. The molecule has 2 unspecified atom stereocenters. The van der Waals surface area contributed by atoms with E-state index in [1.165, 1.54) is 46.2 Å². The largest absolute Gasteiger partial charge is 0.411 e. The molecule has 0 saturated heterocycles. The minimum Gasteiger partial charge on any atom is -0.411 e. The molecule has 2 amide bonds. The first-order chi connectivity index (χ1) is 29.3. The van der Waals surface area contributed by atoms with Crippen LogP contribution >= 0.6 is 0 Å². The fourth-order valence-corrected chi connectivity index (χ4v) is 16.6. The van der Waals surface area contributed by atoms with Gasteiger partial charge in [0.2, 0.25) is 26.1 Å². The van der Waals surface area contributed by atoms with Crippen LogP contribution in [-0.4, -0.2) is 62.3 Å². The summed E-state index contributed by atoms with van der Waals surface area (Å²) in [6, 6.07) is 3.92. The molecule has 0 spiro atoms. The average molecular weight is 891 g/mol. The van der Waals surface area contributed by atoms with Crippen LogP contribution in [0.2, 0.25) is 0 Å². The van der Waals surface area contributed by atoms with Crippen LogP contribution in [0.1, 0.15) is 136 Å². The summed E-state index contributed by atoms with van der Waals surface area (Å²) in [6.07, 6.45) is 19.2. The van der Waals surface area contributed by atoms with Gasteiger partial charge in [-0.1, -0.05) is 50.1 Å². The number of hydrogen-bond acceptors (Lipinski definition) is 11. The molecule has 16 heteroatoms. The monoisotopic (exact) mass is 890 g/mol. The van der Waals surface area contributed by atoms with E-state index in [1.54, 1.807) is 6.08 Å². The van der Waals surface area contributed by atoms with Crippen LogP contribution in [0.5, 0.6) is 0 Å². The van der Waals surface area contributed by atoms with Gasteiger partial charge in [-0.3, -0.25) is 0 Å². The Kier molecular flexibility index (Phi) is 11.6. The van der Waals surface area contributed by atoms with Crippen molar-refractivity contribution in [3.05, 3.63) is 56.6 Å². The van der Waals surface area contributed by atoms with Crippen LogP contribution in [0.3, 0.4) is 0 Å². The molecule has 4 fully saturated rings. The third-order valence-corrected chi connectivity index (χ3v) is 19.3. The molecule has 6 N–H and O–H groups in total. The number of benzene rings is 2.